The number of rotatable bonds is 6. The SMILES string of the molecule is N=C(N)c1ccc(O)c(CNC(=O)c2ccc(-n3nc(CN)c4c3CCC4)c(C(F)(F)F)c2)c1. The van der Waals surface area contributed by atoms with Crippen LogP contribution in [0, 0.1) is 5.41 Å². The number of carbonyl (C=O) groups is 1. The predicted octanol–water partition coefficient (Wildman–Crippen LogP) is 2.76. The van der Waals surface area contributed by atoms with E-state index in [-0.39, 0.29) is 41.5 Å². The number of nitrogens with two attached hydrogens (primary N) is 2. The van der Waals surface area contributed by atoms with Crippen molar-refractivity contribution in [2.24, 2.45) is 11.5 Å². The standard InChI is InChI=1S/C23H23F3N6O2/c24-23(25,26)16-9-13(22(34)30-11-14-8-12(21(28)29)5-7-20(14)33)4-6-19(16)32-18-3-1-2-15(18)17(10-27)31-32/h4-9,33H,1-3,10-11,27H2,(H3,28,29)(H,30,34). The first-order chi connectivity index (χ1) is 16.1. The van der Waals surface area contributed by atoms with Crippen LogP contribution in [0.3, 0.4) is 0 Å². The molecule has 0 aliphatic heterocycles. The van der Waals surface area contributed by atoms with Crippen molar-refractivity contribution in [1.29, 1.82) is 5.41 Å². The molecule has 0 unspecified atom stereocenters. The van der Waals surface area contributed by atoms with E-state index in [1.807, 2.05) is 0 Å². The number of aromatic nitrogens is 2. The fourth-order valence-electron chi connectivity index (χ4n) is 4.14. The summed E-state index contributed by atoms with van der Waals surface area (Å²) in [6, 6.07) is 7.53. The highest BCUT2D eigenvalue weighted by atomic mass is 19.4. The van der Waals surface area contributed by atoms with Crippen molar-refractivity contribution in [3.8, 4) is 11.4 Å². The van der Waals surface area contributed by atoms with Crippen molar-refractivity contribution in [2.45, 2.75) is 38.5 Å². The molecule has 4 rings (SSSR count). The zero-order valence-electron chi connectivity index (χ0n) is 18.0. The maximum atomic E-state index is 14.0. The van der Waals surface area contributed by atoms with E-state index in [1.54, 1.807) is 0 Å². The number of phenols is 1. The second kappa shape index (κ2) is 8.82. The van der Waals surface area contributed by atoms with Crippen molar-refractivity contribution in [2.75, 3.05) is 0 Å². The number of nitrogens with one attached hydrogen (secondary N) is 2. The van der Waals surface area contributed by atoms with Gasteiger partial charge in [0.15, 0.2) is 0 Å². The number of nitrogen functional groups attached to an aromatic ring is 1. The third-order valence-corrected chi connectivity index (χ3v) is 5.83. The minimum absolute atomic E-state index is 0.134. The molecule has 2 aromatic carbocycles. The van der Waals surface area contributed by atoms with Gasteiger partial charge in [0.05, 0.1) is 16.9 Å². The molecular weight excluding hydrogens is 449 g/mol. The Hall–Kier alpha value is -3.86. The van der Waals surface area contributed by atoms with Crippen LogP contribution in [0.25, 0.3) is 5.69 Å². The first kappa shape index (κ1) is 23.3. The number of amides is 1. The van der Waals surface area contributed by atoms with E-state index in [0.29, 0.717) is 23.4 Å². The molecule has 178 valence electrons. The predicted molar refractivity (Wildman–Crippen MR) is 119 cm³/mol. The molecule has 0 bridgehead atoms. The highest BCUT2D eigenvalue weighted by Gasteiger charge is 2.36. The van der Waals surface area contributed by atoms with E-state index in [0.717, 1.165) is 24.5 Å². The second-order valence-electron chi connectivity index (χ2n) is 8.01. The van der Waals surface area contributed by atoms with Gasteiger partial charge in [0, 0.05) is 35.5 Å². The number of fused-ring (bicyclic) bond motifs is 1. The van der Waals surface area contributed by atoms with Gasteiger partial charge in [-0.3, -0.25) is 10.2 Å². The van der Waals surface area contributed by atoms with Gasteiger partial charge in [0.2, 0.25) is 0 Å². The quantitative estimate of drug-likeness (QED) is 0.277. The van der Waals surface area contributed by atoms with Crippen LogP contribution in [0.1, 0.15) is 50.4 Å². The molecule has 1 aliphatic carbocycles. The van der Waals surface area contributed by atoms with Gasteiger partial charge < -0.3 is 21.9 Å². The average molecular weight is 472 g/mol. The summed E-state index contributed by atoms with van der Waals surface area (Å²) in [5.41, 5.74) is 12.6. The lowest BCUT2D eigenvalue weighted by atomic mass is 10.1. The van der Waals surface area contributed by atoms with Gasteiger partial charge in [-0.25, -0.2) is 4.68 Å². The number of hydrogen-bond donors (Lipinski definition) is 5. The van der Waals surface area contributed by atoms with Crippen LogP contribution in [0.4, 0.5) is 13.2 Å². The summed E-state index contributed by atoms with van der Waals surface area (Å²) in [5.74, 6) is -1.11. The van der Waals surface area contributed by atoms with E-state index >= 15 is 0 Å². The minimum atomic E-state index is -4.72. The first-order valence-electron chi connectivity index (χ1n) is 10.6. The number of halogens is 3. The Labute approximate surface area is 192 Å². The molecule has 11 heteroatoms. The number of carbonyl (C=O) groups excluding carboxylic acids is 1. The van der Waals surface area contributed by atoms with Crippen molar-refractivity contribution < 1.29 is 23.1 Å². The zero-order chi connectivity index (χ0) is 24.6. The Kier molecular flexibility index (Phi) is 6.05. The molecule has 0 saturated heterocycles. The molecular formula is C23H23F3N6O2. The first-order valence-corrected chi connectivity index (χ1v) is 10.6. The Morgan fingerprint density at radius 2 is 1.91 bits per heavy atom. The van der Waals surface area contributed by atoms with Crippen LogP contribution >= 0.6 is 0 Å². The van der Waals surface area contributed by atoms with Gasteiger partial charge in [-0.05, 0) is 61.2 Å². The molecule has 7 N–H and O–H groups in total. The second-order valence-corrected chi connectivity index (χ2v) is 8.01. The van der Waals surface area contributed by atoms with Gasteiger partial charge in [-0.2, -0.15) is 18.3 Å². The summed E-state index contributed by atoms with van der Waals surface area (Å²) in [6.45, 7) is -0.0315. The largest absolute Gasteiger partial charge is 0.508 e. The van der Waals surface area contributed by atoms with E-state index in [1.165, 1.54) is 35.0 Å². The molecule has 0 fully saturated rings. The lowest BCUT2D eigenvalue weighted by Crippen LogP contribution is -2.24. The van der Waals surface area contributed by atoms with Crippen molar-refractivity contribution in [3.63, 3.8) is 0 Å². The molecule has 34 heavy (non-hydrogen) atoms. The lowest BCUT2D eigenvalue weighted by Gasteiger charge is -2.16. The summed E-state index contributed by atoms with van der Waals surface area (Å²) < 4.78 is 43.2. The third-order valence-electron chi connectivity index (χ3n) is 5.83. The smallest absolute Gasteiger partial charge is 0.418 e. The van der Waals surface area contributed by atoms with E-state index in [2.05, 4.69) is 10.4 Å². The van der Waals surface area contributed by atoms with Gasteiger partial charge in [0.1, 0.15) is 11.6 Å². The number of benzene rings is 2. The molecule has 0 spiro atoms. The average Bonchev–Trinajstić information content (AvgIpc) is 3.40. The summed E-state index contributed by atoms with van der Waals surface area (Å²) >= 11 is 0. The highest BCUT2D eigenvalue weighted by Crippen LogP contribution is 2.37. The number of alkyl halides is 3. The van der Waals surface area contributed by atoms with Crippen molar-refractivity contribution >= 4 is 11.7 Å². The van der Waals surface area contributed by atoms with Crippen LogP contribution in [-0.4, -0.2) is 26.6 Å². The maximum Gasteiger partial charge on any atom is 0.418 e. The van der Waals surface area contributed by atoms with Crippen LogP contribution < -0.4 is 16.8 Å². The third kappa shape index (κ3) is 4.34. The molecule has 1 heterocycles. The van der Waals surface area contributed by atoms with E-state index in [9.17, 15) is 23.1 Å². The van der Waals surface area contributed by atoms with Gasteiger partial charge >= 0.3 is 6.18 Å². The number of hydrogen-bond acceptors (Lipinski definition) is 5. The van der Waals surface area contributed by atoms with Crippen LogP contribution in [0.2, 0.25) is 0 Å². The molecule has 0 radical (unpaired) electrons. The molecule has 8 nitrogen and oxygen atoms in total. The topological polar surface area (TPSA) is 143 Å². The number of nitrogens with zero attached hydrogens (tertiary/aromatic N) is 2. The van der Waals surface area contributed by atoms with Crippen molar-refractivity contribution in [1.82, 2.24) is 15.1 Å². The minimum Gasteiger partial charge on any atom is -0.508 e. The highest BCUT2D eigenvalue weighted by molar-refractivity contribution is 5.96. The normalized spacial score (nSPS) is 13.1. The van der Waals surface area contributed by atoms with Gasteiger partial charge in [0.25, 0.3) is 5.91 Å². The molecule has 1 aliphatic rings. The van der Waals surface area contributed by atoms with Gasteiger partial charge in [-0.1, -0.05) is 0 Å². The van der Waals surface area contributed by atoms with Crippen LogP contribution in [0.15, 0.2) is 36.4 Å². The van der Waals surface area contributed by atoms with Gasteiger partial charge in [-0.15, -0.1) is 0 Å². The monoisotopic (exact) mass is 472 g/mol. The van der Waals surface area contributed by atoms with Crippen LogP contribution in [0.5, 0.6) is 5.75 Å². The van der Waals surface area contributed by atoms with Crippen molar-refractivity contribution in [3.05, 3.63) is 75.6 Å². The Balaban J connectivity index is 1.64. The fraction of sp³-hybridized carbons (Fsp3) is 0.261. The number of phenolic OH excluding ortho intramolecular Hbond substituents is 1. The fourth-order valence-corrected chi connectivity index (χ4v) is 4.14. The molecule has 0 atom stereocenters. The summed E-state index contributed by atoms with van der Waals surface area (Å²) in [7, 11) is 0. The van der Waals surface area contributed by atoms with E-state index in [4.69, 9.17) is 16.9 Å². The Bertz CT molecular complexity index is 1280. The molecule has 1 amide bonds. The Morgan fingerprint density at radius 1 is 1.18 bits per heavy atom. The molecule has 3 aromatic rings. The summed E-state index contributed by atoms with van der Waals surface area (Å²) in [5, 5.41) is 24.3. The zero-order valence-corrected chi connectivity index (χ0v) is 18.0. The summed E-state index contributed by atoms with van der Waals surface area (Å²) in [6.07, 6.45) is -2.58. The number of amidine groups is 1. The number of aromatic hydroxyl groups is 1. The molecule has 0 saturated carbocycles. The molecule has 1 aromatic heterocycles. The summed E-state index contributed by atoms with van der Waals surface area (Å²) in [4.78, 5) is 12.6. The maximum absolute atomic E-state index is 14.0. The van der Waals surface area contributed by atoms with E-state index < -0.39 is 17.6 Å². The lowest BCUT2D eigenvalue weighted by molar-refractivity contribution is -0.137. The van der Waals surface area contributed by atoms with Crippen LogP contribution in [-0.2, 0) is 32.1 Å². The Morgan fingerprint density at radius 3 is 2.59 bits per heavy atom.